The largest absolute Gasteiger partial charge is 0.394 e. The molecule has 324 valence electrons. The number of hydrogen-bond donors (Lipinski definition) is 10. The third kappa shape index (κ3) is 18.1. The fraction of sp³-hybridized carbons (Fsp3) is 0.615. The Morgan fingerprint density at radius 2 is 1.38 bits per heavy atom. The van der Waals surface area contributed by atoms with Crippen LogP contribution < -0.4 is 32.3 Å². The number of hydrogen-bond acceptors (Lipinski definition) is 12. The van der Waals surface area contributed by atoms with Gasteiger partial charge in [-0.1, -0.05) is 32.9 Å². The Hall–Kier alpha value is -4.95. The quantitative estimate of drug-likeness (QED) is 0.0359. The van der Waals surface area contributed by atoms with Gasteiger partial charge in [0.25, 0.3) is 11.8 Å². The number of aliphatic hydroxyl groups is 4. The van der Waals surface area contributed by atoms with Crippen molar-refractivity contribution in [2.45, 2.75) is 109 Å². The van der Waals surface area contributed by atoms with E-state index in [-0.39, 0.29) is 38.3 Å². The van der Waals surface area contributed by atoms with Gasteiger partial charge in [0.05, 0.1) is 19.3 Å². The molecule has 1 aliphatic heterocycles. The molecule has 11 N–H and O–H groups in total. The summed E-state index contributed by atoms with van der Waals surface area (Å²) in [6.07, 6.45) is 2.27. The van der Waals surface area contributed by atoms with E-state index >= 15 is 0 Å². The zero-order valence-electron chi connectivity index (χ0n) is 33.7. The summed E-state index contributed by atoms with van der Waals surface area (Å²) >= 11 is 0. The Bertz CT molecular complexity index is 1520. The first-order valence-corrected chi connectivity index (χ1v) is 19.7. The molecule has 0 fully saturated rings. The minimum atomic E-state index is -1.20. The van der Waals surface area contributed by atoms with E-state index in [0.717, 1.165) is 17.1 Å². The number of carbonyl (C=O) groups is 7. The van der Waals surface area contributed by atoms with Gasteiger partial charge in [-0.05, 0) is 88.2 Å². The van der Waals surface area contributed by atoms with Crippen LogP contribution in [-0.4, -0.2) is 141 Å². The second-order valence-electron chi connectivity index (χ2n) is 14.6. The lowest BCUT2D eigenvalue weighted by Gasteiger charge is -2.27. The van der Waals surface area contributed by atoms with Gasteiger partial charge in [-0.25, -0.2) is 4.79 Å². The summed E-state index contributed by atoms with van der Waals surface area (Å²) in [5.74, 6) is -3.96. The minimum absolute atomic E-state index is 0.140. The van der Waals surface area contributed by atoms with Crippen molar-refractivity contribution < 1.29 is 54.0 Å². The number of nitrogens with one attached hydrogen (secondary N) is 5. The number of unbranched alkanes of at least 4 members (excludes halogenated alkanes) is 1. The Kier molecular flexibility index (Phi) is 22.2. The number of nitrogens with zero attached hydrogens (tertiary/aromatic N) is 2. The van der Waals surface area contributed by atoms with Gasteiger partial charge in [-0.3, -0.25) is 33.7 Å². The number of carbonyl (C=O) groups excluding carboxylic acids is 7. The second-order valence-corrected chi connectivity index (χ2v) is 14.6. The summed E-state index contributed by atoms with van der Waals surface area (Å²) in [6.45, 7) is 6.39. The lowest BCUT2D eigenvalue weighted by Crippen LogP contribution is -2.54. The van der Waals surface area contributed by atoms with Crippen LogP contribution in [0.25, 0.3) is 0 Å². The SMILES string of the molecule is CCN(CCCCC(NC(=O)CN1C(=O)C=CC1=O)C(=O)NC(CC(=O)N[C@@H](CCCNC(N)=O)C(=O)Nc1ccc(CO)cc1)C(C)C)CCC[C@H](O)C(O)CO. The maximum atomic E-state index is 13.8. The number of amides is 8. The molecule has 1 aromatic rings. The van der Waals surface area contributed by atoms with Gasteiger partial charge in [-0.2, -0.15) is 0 Å². The van der Waals surface area contributed by atoms with Crippen LogP contribution in [0.1, 0.15) is 77.7 Å². The van der Waals surface area contributed by atoms with Gasteiger partial charge < -0.3 is 57.6 Å². The fourth-order valence-corrected chi connectivity index (χ4v) is 6.09. The Labute approximate surface area is 339 Å². The van der Waals surface area contributed by atoms with Gasteiger partial charge in [0.1, 0.15) is 24.7 Å². The minimum Gasteiger partial charge on any atom is -0.394 e. The summed E-state index contributed by atoms with van der Waals surface area (Å²) in [5.41, 5.74) is 6.23. The molecule has 5 atom stereocenters. The van der Waals surface area contributed by atoms with E-state index in [2.05, 4.69) is 31.5 Å². The van der Waals surface area contributed by atoms with E-state index in [9.17, 15) is 48.9 Å². The first-order valence-electron chi connectivity index (χ1n) is 19.7. The van der Waals surface area contributed by atoms with E-state index in [1.165, 1.54) is 0 Å². The lowest BCUT2D eigenvalue weighted by molar-refractivity contribution is -0.141. The summed E-state index contributed by atoms with van der Waals surface area (Å²) < 4.78 is 0. The fourth-order valence-electron chi connectivity index (χ4n) is 6.09. The number of imide groups is 1. The van der Waals surface area contributed by atoms with Crippen molar-refractivity contribution in [3.8, 4) is 0 Å². The Morgan fingerprint density at radius 1 is 0.776 bits per heavy atom. The summed E-state index contributed by atoms with van der Waals surface area (Å²) in [5, 5.41) is 51.3. The average molecular weight is 819 g/mol. The Balaban J connectivity index is 2.12. The zero-order valence-corrected chi connectivity index (χ0v) is 33.7. The first-order chi connectivity index (χ1) is 27.6. The average Bonchev–Trinajstić information content (AvgIpc) is 3.50. The van der Waals surface area contributed by atoms with E-state index in [1.54, 1.807) is 38.1 Å². The van der Waals surface area contributed by atoms with Crippen LogP contribution in [0, 0.1) is 5.92 Å². The third-order valence-electron chi connectivity index (χ3n) is 9.69. The van der Waals surface area contributed by atoms with Crippen LogP contribution >= 0.6 is 0 Å². The molecule has 19 nitrogen and oxygen atoms in total. The summed E-state index contributed by atoms with van der Waals surface area (Å²) in [6, 6.07) is 2.90. The van der Waals surface area contributed by atoms with Crippen molar-refractivity contribution in [3.05, 3.63) is 42.0 Å². The number of nitrogens with two attached hydrogens (primary N) is 1. The van der Waals surface area contributed by atoms with Crippen molar-refractivity contribution in [2.75, 3.05) is 44.6 Å². The van der Waals surface area contributed by atoms with Crippen molar-refractivity contribution in [3.63, 3.8) is 0 Å². The molecule has 0 saturated carbocycles. The van der Waals surface area contributed by atoms with Crippen molar-refractivity contribution in [1.29, 1.82) is 0 Å². The van der Waals surface area contributed by atoms with Gasteiger partial charge in [0.2, 0.25) is 23.6 Å². The molecule has 0 saturated heterocycles. The van der Waals surface area contributed by atoms with Gasteiger partial charge >= 0.3 is 6.03 Å². The van der Waals surface area contributed by atoms with E-state index in [0.29, 0.717) is 63.0 Å². The number of benzene rings is 1. The van der Waals surface area contributed by atoms with Gasteiger partial charge in [-0.15, -0.1) is 0 Å². The third-order valence-corrected chi connectivity index (χ3v) is 9.69. The molecule has 0 spiro atoms. The predicted molar refractivity (Wildman–Crippen MR) is 213 cm³/mol. The molecule has 0 radical (unpaired) electrons. The standard InChI is InChI=1S/C39H62N8O11/c1-4-46(20-8-11-31(50)32(51)24-49)19-6-5-9-28(44-34(53)22-47-35(54)16-17-36(47)55)38(57)45-30(25(2)3)21-33(52)43-29(10-7-18-41-39(40)58)37(56)42-27-14-12-26(23-48)13-15-27/h12-17,25,28-32,48-51H,4-11,18-24H2,1-3H3,(H,42,56)(H,43,52)(H,44,53)(H,45,57)(H3,40,41,58)/t28?,29-,30?,31-,32?/m0/s1. The number of anilines is 1. The molecule has 1 heterocycles. The molecule has 3 unspecified atom stereocenters. The summed E-state index contributed by atoms with van der Waals surface area (Å²) in [7, 11) is 0. The molecule has 2 rings (SSSR count). The number of primary amides is 1. The van der Waals surface area contributed by atoms with Crippen molar-refractivity contribution >= 4 is 47.2 Å². The van der Waals surface area contributed by atoms with Crippen molar-refractivity contribution in [1.82, 2.24) is 31.1 Å². The zero-order chi connectivity index (χ0) is 43.2. The van der Waals surface area contributed by atoms with Crippen LogP contribution in [0.4, 0.5) is 10.5 Å². The number of aliphatic hydroxyl groups excluding tert-OH is 4. The van der Waals surface area contributed by atoms with Crippen LogP contribution in [-0.2, 0) is 35.4 Å². The maximum Gasteiger partial charge on any atom is 0.312 e. The monoisotopic (exact) mass is 818 g/mol. The van der Waals surface area contributed by atoms with Crippen LogP contribution in [0.5, 0.6) is 0 Å². The maximum absolute atomic E-state index is 13.8. The normalized spacial score (nSPS) is 15.2. The van der Waals surface area contributed by atoms with Gasteiger partial charge in [0, 0.05) is 36.8 Å². The molecule has 0 aromatic heterocycles. The Morgan fingerprint density at radius 3 is 1.97 bits per heavy atom. The van der Waals surface area contributed by atoms with Crippen LogP contribution in [0.15, 0.2) is 36.4 Å². The highest BCUT2D eigenvalue weighted by atomic mass is 16.4. The highest BCUT2D eigenvalue weighted by Gasteiger charge is 2.30. The smallest absolute Gasteiger partial charge is 0.312 e. The number of rotatable bonds is 28. The van der Waals surface area contributed by atoms with Crippen LogP contribution in [0.2, 0.25) is 0 Å². The van der Waals surface area contributed by atoms with Crippen molar-refractivity contribution in [2.24, 2.45) is 11.7 Å². The molecule has 19 heteroatoms. The molecule has 0 bridgehead atoms. The van der Waals surface area contributed by atoms with E-state index in [1.807, 2.05) is 6.92 Å². The summed E-state index contributed by atoms with van der Waals surface area (Å²) in [4.78, 5) is 91.8. The van der Waals surface area contributed by atoms with Crippen LogP contribution in [0.3, 0.4) is 0 Å². The molecule has 8 amide bonds. The molecule has 1 aliphatic rings. The highest BCUT2D eigenvalue weighted by Crippen LogP contribution is 2.14. The molecule has 58 heavy (non-hydrogen) atoms. The van der Waals surface area contributed by atoms with E-state index < -0.39 is 85.0 Å². The molecule has 0 aliphatic carbocycles. The predicted octanol–water partition coefficient (Wildman–Crippen LogP) is -1.02. The second kappa shape index (κ2) is 26.1. The first kappa shape index (κ1) is 49.2. The van der Waals surface area contributed by atoms with E-state index in [4.69, 9.17) is 10.8 Å². The molecule has 1 aromatic carbocycles. The molecular weight excluding hydrogens is 756 g/mol. The highest BCUT2D eigenvalue weighted by molar-refractivity contribution is 6.14. The molecular formula is C39H62N8O11. The lowest BCUT2D eigenvalue weighted by atomic mass is 9.98. The van der Waals surface area contributed by atoms with Gasteiger partial charge in [0.15, 0.2) is 0 Å². The number of urea groups is 1. The topological polar surface area (TPSA) is 293 Å².